The lowest BCUT2D eigenvalue weighted by atomic mass is 9.93. The summed E-state index contributed by atoms with van der Waals surface area (Å²) < 4.78 is 0. The van der Waals surface area contributed by atoms with Gasteiger partial charge in [0.25, 0.3) is 0 Å². The molecule has 4 heteroatoms. The summed E-state index contributed by atoms with van der Waals surface area (Å²) in [7, 11) is 0. The SMILES string of the molecule is O=C(O)N1CC(Cc2ccc(Cl)cc2)C1. The van der Waals surface area contributed by atoms with Crippen molar-refractivity contribution >= 4 is 17.7 Å². The zero-order chi connectivity index (χ0) is 10.8. The van der Waals surface area contributed by atoms with Gasteiger partial charge in [0.1, 0.15) is 0 Å². The minimum atomic E-state index is -0.817. The highest BCUT2D eigenvalue weighted by Crippen LogP contribution is 2.21. The third-order valence-electron chi connectivity index (χ3n) is 2.67. The smallest absolute Gasteiger partial charge is 0.407 e. The standard InChI is InChI=1S/C11H12ClNO2/c12-10-3-1-8(2-4-10)5-9-6-13(7-9)11(14)15/h1-4,9H,5-7H2,(H,14,15). The highest BCUT2D eigenvalue weighted by atomic mass is 35.5. The number of carbonyl (C=O) groups is 1. The number of hydrogen-bond acceptors (Lipinski definition) is 1. The predicted octanol–water partition coefficient (Wildman–Crippen LogP) is 2.49. The van der Waals surface area contributed by atoms with Gasteiger partial charge in [-0.3, -0.25) is 0 Å². The molecule has 2 rings (SSSR count). The molecule has 3 nitrogen and oxygen atoms in total. The van der Waals surface area contributed by atoms with E-state index >= 15 is 0 Å². The monoisotopic (exact) mass is 225 g/mol. The minimum Gasteiger partial charge on any atom is -0.465 e. The van der Waals surface area contributed by atoms with Crippen LogP contribution in [-0.4, -0.2) is 29.2 Å². The van der Waals surface area contributed by atoms with Crippen molar-refractivity contribution in [2.45, 2.75) is 6.42 Å². The number of likely N-dealkylation sites (tertiary alicyclic amines) is 1. The molecule has 0 unspecified atom stereocenters. The van der Waals surface area contributed by atoms with Gasteiger partial charge in [-0.05, 0) is 30.0 Å². The van der Waals surface area contributed by atoms with Crippen molar-refractivity contribution in [1.29, 1.82) is 0 Å². The van der Waals surface area contributed by atoms with E-state index in [1.807, 2.05) is 24.3 Å². The number of rotatable bonds is 2. The molecule has 1 fully saturated rings. The van der Waals surface area contributed by atoms with Crippen molar-refractivity contribution in [3.05, 3.63) is 34.9 Å². The summed E-state index contributed by atoms with van der Waals surface area (Å²) >= 11 is 5.77. The molecule has 0 radical (unpaired) electrons. The molecule has 1 saturated heterocycles. The Morgan fingerprint density at radius 3 is 2.53 bits per heavy atom. The molecule has 15 heavy (non-hydrogen) atoms. The van der Waals surface area contributed by atoms with E-state index in [9.17, 15) is 4.79 Å². The first-order valence-corrected chi connectivity index (χ1v) is 5.25. The van der Waals surface area contributed by atoms with E-state index in [1.54, 1.807) is 0 Å². The summed E-state index contributed by atoms with van der Waals surface area (Å²) in [5.74, 6) is 0.460. The quantitative estimate of drug-likeness (QED) is 0.840. The Morgan fingerprint density at radius 2 is 2.00 bits per heavy atom. The van der Waals surface area contributed by atoms with Crippen LogP contribution in [0.2, 0.25) is 5.02 Å². The Balaban J connectivity index is 1.85. The van der Waals surface area contributed by atoms with Crippen molar-refractivity contribution in [2.24, 2.45) is 5.92 Å². The van der Waals surface area contributed by atoms with Crippen LogP contribution < -0.4 is 0 Å². The number of benzene rings is 1. The fraction of sp³-hybridized carbons (Fsp3) is 0.364. The first-order valence-electron chi connectivity index (χ1n) is 4.87. The number of hydrogen-bond donors (Lipinski definition) is 1. The van der Waals surface area contributed by atoms with Crippen LogP contribution in [0.5, 0.6) is 0 Å². The van der Waals surface area contributed by atoms with Crippen molar-refractivity contribution in [1.82, 2.24) is 4.90 Å². The van der Waals surface area contributed by atoms with Gasteiger partial charge in [-0.2, -0.15) is 0 Å². The second kappa shape index (κ2) is 4.11. The van der Waals surface area contributed by atoms with Gasteiger partial charge in [-0.1, -0.05) is 23.7 Å². The van der Waals surface area contributed by atoms with Gasteiger partial charge >= 0.3 is 6.09 Å². The molecule has 1 aliphatic rings. The molecule has 0 aromatic heterocycles. The number of amides is 1. The van der Waals surface area contributed by atoms with Crippen molar-refractivity contribution in [2.75, 3.05) is 13.1 Å². The van der Waals surface area contributed by atoms with Crippen LogP contribution in [0.1, 0.15) is 5.56 Å². The van der Waals surface area contributed by atoms with E-state index in [0.29, 0.717) is 19.0 Å². The van der Waals surface area contributed by atoms with Gasteiger partial charge in [-0.25, -0.2) is 4.79 Å². The fourth-order valence-electron chi connectivity index (χ4n) is 1.81. The minimum absolute atomic E-state index is 0.460. The van der Waals surface area contributed by atoms with E-state index in [0.717, 1.165) is 11.4 Å². The Bertz CT molecular complexity index is 357. The highest BCUT2D eigenvalue weighted by molar-refractivity contribution is 6.30. The molecule has 1 aliphatic heterocycles. The van der Waals surface area contributed by atoms with Gasteiger partial charge in [0, 0.05) is 18.1 Å². The molecule has 0 saturated carbocycles. The molecular weight excluding hydrogens is 214 g/mol. The zero-order valence-corrected chi connectivity index (χ0v) is 8.94. The molecule has 1 aromatic carbocycles. The highest BCUT2D eigenvalue weighted by Gasteiger charge is 2.30. The summed E-state index contributed by atoms with van der Waals surface area (Å²) in [6.45, 7) is 1.30. The van der Waals surface area contributed by atoms with E-state index < -0.39 is 6.09 Å². The van der Waals surface area contributed by atoms with Crippen molar-refractivity contribution in [3.8, 4) is 0 Å². The van der Waals surface area contributed by atoms with Gasteiger partial charge in [0.05, 0.1) is 0 Å². The van der Waals surface area contributed by atoms with Crippen LogP contribution in [0.15, 0.2) is 24.3 Å². The molecule has 1 N–H and O–H groups in total. The lowest BCUT2D eigenvalue weighted by molar-refractivity contribution is 0.0819. The first kappa shape index (κ1) is 10.3. The van der Waals surface area contributed by atoms with Crippen molar-refractivity contribution < 1.29 is 9.90 Å². The third kappa shape index (κ3) is 2.42. The van der Waals surface area contributed by atoms with E-state index in [1.165, 1.54) is 10.5 Å². The predicted molar refractivity (Wildman–Crippen MR) is 58.2 cm³/mol. The Labute approximate surface area is 93.3 Å². The lowest BCUT2D eigenvalue weighted by Gasteiger charge is -2.37. The third-order valence-corrected chi connectivity index (χ3v) is 2.92. The second-order valence-corrected chi connectivity index (χ2v) is 4.32. The van der Waals surface area contributed by atoms with Gasteiger partial charge in [0.15, 0.2) is 0 Å². The second-order valence-electron chi connectivity index (χ2n) is 3.88. The Hall–Kier alpha value is -1.22. The van der Waals surface area contributed by atoms with Crippen molar-refractivity contribution in [3.63, 3.8) is 0 Å². The van der Waals surface area contributed by atoms with Crippen LogP contribution in [-0.2, 0) is 6.42 Å². The average Bonchev–Trinajstić information content (AvgIpc) is 2.13. The maximum absolute atomic E-state index is 10.5. The van der Waals surface area contributed by atoms with Gasteiger partial charge in [0.2, 0.25) is 0 Å². The van der Waals surface area contributed by atoms with Crippen LogP contribution in [0, 0.1) is 5.92 Å². The largest absolute Gasteiger partial charge is 0.465 e. The summed E-state index contributed by atoms with van der Waals surface area (Å²) in [5.41, 5.74) is 1.22. The van der Waals surface area contributed by atoms with Crippen LogP contribution in [0.3, 0.4) is 0 Å². The molecule has 0 atom stereocenters. The summed E-state index contributed by atoms with van der Waals surface area (Å²) in [6.07, 6.45) is 0.114. The maximum Gasteiger partial charge on any atom is 0.407 e. The Morgan fingerprint density at radius 1 is 1.40 bits per heavy atom. The first-order chi connectivity index (χ1) is 7.15. The van der Waals surface area contributed by atoms with E-state index in [2.05, 4.69) is 0 Å². The summed E-state index contributed by atoms with van der Waals surface area (Å²) in [4.78, 5) is 12.0. The normalized spacial score (nSPS) is 16.2. The molecule has 0 spiro atoms. The zero-order valence-electron chi connectivity index (χ0n) is 8.19. The summed E-state index contributed by atoms with van der Waals surface area (Å²) in [6, 6.07) is 7.71. The van der Waals surface area contributed by atoms with Gasteiger partial charge < -0.3 is 10.0 Å². The van der Waals surface area contributed by atoms with E-state index in [4.69, 9.17) is 16.7 Å². The van der Waals surface area contributed by atoms with Crippen LogP contribution >= 0.6 is 11.6 Å². The lowest BCUT2D eigenvalue weighted by Crippen LogP contribution is -2.50. The van der Waals surface area contributed by atoms with Crippen LogP contribution in [0.4, 0.5) is 4.79 Å². The molecule has 80 valence electrons. The average molecular weight is 226 g/mol. The van der Waals surface area contributed by atoms with Crippen LogP contribution in [0.25, 0.3) is 0 Å². The van der Waals surface area contributed by atoms with E-state index in [-0.39, 0.29) is 0 Å². The maximum atomic E-state index is 10.5. The molecule has 1 heterocycles. The molecule has 0 bridgehead atoms. The number of halogens is 1. The summed E-state index contributed by atoms with van der Waals surface area (Å²) in [5, 5.41) is 9.40. The van der Waals surface area contributed by atoms with Gasteiger partial charge in [-0.15, -0.1) is 0 Å². The number of nitrogens with zero attached hydrogens (tertiary/aromatic N) is 1. The molecule has 1 aromatic rings. The molecule has 1 amide bonds. The topological polar surface area (TPSA) is 40.5 Å². The fourth-order valence-corrected chi connectivity index (χ4v) is 1.93. The Kier molecular flexibility index (Phi) is 2.82. The molecular formula is C11H12ClNO2. The molecule has 0 aliphatic carbocycles. The number of carboxylic acid groups (broad SMARTS) is 1.